The van der Waals surface area contributed by atoms with Crippen LogP contribution in [0.3, 0.4) is 0 Å². The topological polar surface area (TPSA) is 24.1 Å². The van der Waals surface area contributed by atoms with Crippen molar-refractivity contribution in [3.05, 3.63) is 126 Å². The molecule has 2 nitrogen and oxygen atoms in total. The predicted octanol–water partition coefficient (Wildman–Crippen LogP) is 5.94. The van der Waals surface area contributed by atoms with Gasteiger partial charge in [0.15, 0.2) is 0 Å². The van der Waals surface area contributed by atoms with Crippen molar-refractivity contribution < 1.29 is 0 Å². The highest BCUT2D eigenvalue weighted by atomic mass is 31.1. The Morgan fingerprint density at radius 2 is 1.06 bits per heavy atom. The van der Waals surface area contributed by atoms with Crippen molar-refractivity contribution >= 4 is 23.8 Å². The quantitative estimate of drug-likeness (QED) is 0.283. The Morgan fingerprint density at radius 1 is 0.583 bits per heavy atom. The highest BCUT2D eigenvalue weighted by Crippen LogP contribution is 2.34. The Balaban J connectivity index is 1.34. The van der Waals surface area contributed by atoms with Crippen LogP contribution in [0.1, 0.15) is 42.4 Å². The van der Waals surface area contributed by atoms with E-state index in [0.717, 1.165) is 13.1 Å². The van der Waals surface area contributed by atoms with Crippen molar-refractivity contribution in [3.63, 3.8) is 0 Å². The first-order valence-electron chi connectivity index (χ1n) is 13.3. The largest absolute Gasteiger partial charge is 0.308 e. The van der Waals surface area contributed by atoms with Crippen LogP contribution in [-0.2, 0) is 13.1 Å². The Morgan fingerprint density at radius 3 is 1.64 bits per heavy atom. The molecule has 0 bridgehead atoms. The van der Waals surface area contributed by atoms with Gasteiger partial charge in [-0.05, 0) is 60.3 Å². The van der Waals surface area contributed by atoms with Crippen molar-refractivity contribution in [1.82, 2.24) is 10.6 Å². The fraction of sp³-hybridized carbons (Fsp3) is 0.273. The second-order valence-electron chi connectivity index (χ2n) is 9.82. The van der Waals surface area contributed by atoms with Gasteiger partial charge in [-0.1, -0.05) is 122 Å². The molecule has 0 amide bonds. The van der Waals surface area contributed by atoms with E-state index in [2.05, 4.69) is 127 Å². The molecule has 1 aliphatic carbocycles. The molecule has 2 unspecified atom stereocenters. The summed E-state index contributed by atoms with van der Waals surface area (Å²) in [7, 11) is -0.603. The van der Waals surface area contributed by atoms with Gasteiger partial charge in [0.1, 0.15) is 0 Å². The van der Waals surface area contributed by atoms with Gasteiger partial charge in [0.25, 0.3) is 0 Å². The molecule has 36 heavy (non-hydrogen) atoms. The maximum atomic E-state index is 3.98. The van der Waals surface area contributed by atoms with Crippen molar-refractivity contribution in [2.75, 3.05) is 0 Å². The third-order valence-corrected chi connectivity index (χ3v) is 9.95. The molecule has 4 aromatic carbocycles. The maximum Gasteiger partial charge on any atom is 0.0224 e. The molecule has 0 spiro atoms. The smallest absolute Gasteiger partial charge is 0.0224 e. The highest BCUT2D eigenvalue weighted by molar-refractivity contribution is 7.79. The number of hydrogen-bond donors (Lipinski definition) is 2. The van der Waals surface area contributed by atoms with E-state index < -0.39 is 7.92 Å². The van der Waals surface area contributed by atoms with Gasteiger partial charge in [-0.2, -0.15) is 0 Å². The van der Waals surface area contributed by atoms with Crippen molar-refractivity contribution in [2.24, 2.45) is 0 Å². The minimum absolute atomic E-state index is 0.496. The van der Waals surface area contributed by atoms with E-state index in [1.165, 1.54) is 58.3 Å². The Kier molecular flexibility index (Phi) is 8.62. The van der Waals surface area contributed by atoms with Crippen LogP contribution in [0.25, 0.3) is 0 Å². The van der Waals surface area contributed by atoms with Gasteiger partial charge in [-0.3, -0.25) is 0 Å². The molecule has 1 fully saturated rings. The summed E-state index contributed by atoms with van der Waals surface area (Å²) < 4.78 is 0. The molecule has 0 saturated heterocycles. The fourth-order valence-electron chi connectivity index (χ4n) is 5.37. The Hall–Kier alpha value is -2.77. The van der Waals surface area contributed by atoms with E-state index in [1.807, 2.05) is 0 Å². The number of aryl methyl sites for hydroxylation is 1. The molecule has 184 valence electrons. The zero-order valence-corrected chi connectivity index (χ0v) is 22.1. The molecular weight excluding hydrogens is 455 g/mol. The van der Waals surface area contributed by atoms with Crippen LogP contribution in [0.5, 0.6) is 0 Å². The third kappa shape index (κ3) is 6.13. The lowest BCUT2D eigenvalue weighted by Gasteiger charge is -2.34. The standard InChI is InChI=1S/C33H37N2P/c1-26-14-8-9-15-27(26)24-34-31-21-11-12-22-32(31)35-25-28-16-10-13-23-33(28)36(29-17-4-2-5-18-29)30-19-6-3-7-20-30/h2-10,13-20,23,31-32,34-35H,11-12,21-22,24-25H2,1H3. The fourth-order valence-corrected chi connectivity index (χ4v) is 7.84. The van der Waals surface area contributed by atoms with Crippen LogP contribution in [0.2, 0.25) is 0 Å². The van der Waals surface area contributed by atoms with Gasteiger partial charge < -0.3 is 10.6 Å². The summed E-state index contributed by atoms with van der Waals surface area (Å²) in [5.74, 6) is 0. The molecule has 1 aliphatic rings. The second kappa shape index (κ2) is 12.5. The minimum atomic E-state index is -0.603. The van der Waals surface area contributed by atoms with Crippen LogP contribution in [0.4, 0.5) is 0 Å². The van der Waals surface area contributed by atoms with Gasteiger partial charge in [0.05, 0.1) is 0 Å². The summed E-state index contributed by atoms with van der Waals surface area (Å²) in [5.41, 5.74) is 4.19. The van der Waals surface area contributed by atoms with Crippen LogP contribution in [-0.4, -0.2) is 12.1 Å². The first-order chi connectivity index (χ1) is 17.8. The van der Waals surface area contributed by atoms with Crippen molar-refractivity contribution in [3.8, 4) is 0 Å². The molecule has 0 aliphatic heterocycles. The van der Waals surface area contributed by atoms with Crippen LogP contribution in [0, 0.1) is 6.92 Å². The van der Waals surface area contributed by atoms with E-state index in [1.54, 1.807) is 0 Å². The SMILES string of the molecule is Cc1ccccc1CNC1CCCCC1NCc1ccccc1P(c1ccccc1)c1ccccc1. The van der Waals surface area contributed by atoms with Crippen LogP contribution < -0.4 is 26.5 Å². The van der Waals surface area contributed by atoms with Gasteiger partial charge in [0.2, 0.25) is 0 Å². The maximum absolute atomic E-state index is 3.98. The third-order valence-electron chi connectivity index (χ3n) is 7.40. The van der Waals surface area contributed by atoms with Crippen molar-refractivity contribution in [1.29, 1.82) is 0 Å². The summed E-state index contributed by atoms with van der Waals surface area (Å²) in [6.07, 6.45) is 5.10. The van der Waals surface area contributed by atoms with Gasteiger partial charge in [-0.15, -0.1) is 0 Å². The molecular formula is C33H37N2P. The Labute approximate surface area is 217 Å². The molecule has 0 aromatic heterocycles. The molecule has 5 rings (SSSR count). The summed E-state index contributed by atoms with van der Waals surface area (Å²) in [4.78, 5) is 0. The number of nitrogens with one attached hydrogen (secondary N) is 2. The summed E-state index contributed by atoms with van der Waals surface area (Å²) >= 11 is 0. The summed E-state index contributed by atoms with van der Waals surface area (Å²) in [6.45, 7) is 4.06. The predicted molar refractivity (Wildman–Crippen MR) is 156 cm³/mol. The minimum Gasteiger partial charge on any atom is -0.308 e. The van der Waals surface area contributed by atoms with Crippen molar-refractivity contribution in [2.45, 2.75) is 57.8 Å². The zero-order chi connectivity index (χ0) is 24.6. The molecule has 0 radical (unpaired) electrons. The van der Waals surface area contributed by atoms with E-state index in [9.17, 15) is 0 Å². The highest BCUT2D eigenvalue weighted by Gasteiger charge is 2.25. The van der Waals surface area contributed by atoms with Crippen LogP contribution in [0.15, 0.2) is 109 Å². The zero-order valence-electron chi connectivity index (χ0n) is 21.2. The number of hydrogen-bond acceptors (Lipinski definition) is 2. The first-order valence-corrected chi connectivity index (χ1v) is 14.6. The first kappa shape index (κ1) is 24.9. The molecule has 4 aromatic rings. The van der Waals surface area contributed by atoms with Gasteiger partial charge >= 0.3 is 0 Å². The molecule has 1 saturated carbocycles. The molecule has 3 heteroatoms. The monoisotopic (exact) mass is 492 g/mol. The lowest BCUT2D eigenvalue weighted by Crippen LogP contribution is -2.49. The van der Waals surface area contributed by atoms with Gasteiger partial charge in [-0.25, -0.2) is 0 Å². The van der Waals surface area contributed by atoms with E-state index >= 15 is 0 Å². The van der Waals surface area contributed by atoms with E-state index in [4.69, 9.17) is 0 Å². The lowest BCUT2D eigenvalue weighted by molar-refractivity contribution is 0.281. The molecule has 0 heterocycles. The van der Waals surface area contributed by atoms with Crippen LogP contribution >= 0.6 is 7.92 Å². The Bertz CT molecular complexity index is 1190. The lowest BCUT2D eigenvalue weighted by atomic mass is 9.90. The summed E-state index contributed by atoms with van der Waals surface area (Å²) in [5, 5.41) is 12.1. The molecule has 2 N–H and O–H groups in total. The average molecular weight is 493 g/mol. The summed E-state index contributed by atoms with van der Waals surface area (Å²) in [6, 6.07) is 40.8. The van der Waals surface area contributed by atoms with E-state index in [-0.39, 0.29) is 0 Å². The number of benzene rings is 4. The average Bonchev–Trinajstić information content (AvgIpc) is 2.94. The van der Waals surface area contributed by atoms with E-state index in [0.29, 0.717) is 12.1 Å². The number of rotatable bonds is 9. The normalized spacial score (nSPS) is 17.8. The van der Waals surface area contributed by atoms with Gasteiger partial charge in [0, 0.05) is 25.2 Å². The molecule has 2 atom stereocenters. The second-order valence-corrected chi connectivity index (χ2v) is 12.0.